The minimum absolute atomic E-state index is 0.0582. The van der Waals surface area contributed by atoms with Crippen molar-refractivity contribution in [2.75, 3.05) is 5.32 Å². The van der Waals surface area contributed by atoms with Crippen LogP contribution in [-0.2, 0) is 16.6 Å². The Labute approximate surface area is 98.6 Å². The summed E-state index contributed by atoms with van der Waals surface area (Å²) in [6, 6.07) is 1.52. The molecule has 1 atom stereocenters. The van der Waals surface area contributed by atoms with Gasteiger partial charge < -0.3 is 5.32 Å². The molecule has 1 aliphatic heterocycles. The molecule has 17 heavy (non-hydrogen) atoms. The van der Waals surface area contributed by atoms with E-state index in [4.69, 9.17) is 0 Å². The fraction of sp³-hybridized carbons (Fsp3) is 0.545. The highest BCUT2D eigenvalue weighted by molar-refractivity contribution is 6.07. The van der Waals surface area contributed by atoms with Crippen LogP contribution in [0.25, 0.3) is 0 Å². The number of likely N-dealkylation sites (tertiary alicyclic amines) is 1. The van der Waals surface area contributed by atoms with Crippen LogP contribution in [0.5, 0.6) is 0 Å². The van der Waals surface area contributed by atoms with Gasteiger partial charge in [-0.25, -0.2) is 0 Å². The van der Waals surface area contributed by atoms with Crippen molar-refractivity contribution < 1.29 is 9.59 Å². The van der Waals surface area contributed by atoms with Crippen LogP contribution in [0, 0.1) is 0 Å². The van der Waals surface area contributed by atoms with Crippen molar-refractivity contribution in [1.29, 1.82) is 0 Å². The molecule has 3 rings (SSSR count). The lowest BCUT2D eigenvalue weighted by Crippen LogP contribution is -2.36. The number of aryl methyl sites for hydroxylation is 1. The molecule has 2 amide bonds. The molecule has 1 unspecified atom stereocenters. The number of amides is 2. The zero-order valence-corrected chi connectivity index (χ0v) is 9.59. The standard InChI is InChI=1S/C11H14N4O2/c1-14-9(4-5-12-14)13-8-6-10(16)15(11(8)17)7-2-3-7/h4-5,7-8,13H,2-3,6H2,1H3. The van der Waals surface area contributed by atoms with E-state index in [2.05, 4.69) is 10.4 Å². The topological polar surface area (TPSA) is 67.2 Å². The molecule has 1 N–H and O–H groups in total. The molecule has 6 nitrogen and oxygen atoms in total. The van der Waals surface area contributed by atoms with Crippen LogP contribution >= 0.6 is 0 Å². The molecule has 1 aromatic rings. The van der Waals surface area contributed by atoms with Crippen molar-refractivity contribution in [3.63, 3.8) is 0 Å². The second-order valence-electron chi connectivity index (χ2n) is 4.57. The predicted octanol–water partition coefficient (Wildman–Crippen LogP) is 0.122. The first-order chi connectivity index (χ1) is 8.16. The van der Waals surface area contributed by atoms with E-state index < -0.39 is 6.04 Å². The summed E-state index contributed by atoms with van der Waals surface area (Å²) in [4.78, 5) is 25.2. The Morgan fingerprint density at radius 2 is 2.18 bits per heavy atom. The van der Waals surface area contributed by atoms with Gasteiger partial charge in [0.1, 0.15) is 11.9 Å². The third kappa shape index (κ3) is 1.69. The average molecular weight is 234 g/mol. The fourth-order valence-electron chi connectivity index (χ4n) is 2.17. The highest BCUT2D eigenvalue weighted by atomic mass is 16.2. The van der Waals surface area contributed by atoms with Crippen LogP contribution in [0.1, 0.15) is 19.3 Å². The second kappa shape index (κ2) is 3.58. The first-order valence-electron chi connectivity index (χ1n) is 5.77. The van der Waals surface area contributed by atoms with Gasteiger partial charge in [-0.2, -0.15) is 5.10 Å². The number of aromatic nitrogens is 2. The largest absolute Gasteiger partial charge is 0.358 e. The van der Waals surface area contributed by atoms with E-state index in [1.807, 2.05) is 0 Å². The second-order valence-corrected chi connectivity index (χ2v) is 4.57. The molecule has 2 aliphatic rings. The molecule has 1 aromatic heterocycles. The van der Waals surface area contributed by atoms with E-state index >= 15 is 0 Å². The van der Waals surface area contributed by atoms with Gasteiger partial charge in [0.15, 0.2) is 0 Å². The van der Waals surface area contributed by atoms with Gasteiger partial charge in [-0.1, -0.05) is 0 Å². The molecule has 0 bridgehead atoms. The summed E-state index contributed by atoms with van der Waals surface area (Å²) in [6.45, 7) is 0. The molecule has 2 fully saturated rings. The van der Waals surface area contributed by atoms with Crippen molar-refractivity contribution >= 4 is 17.6 Å². The minimum atomic E-state index is -0.432. The van der Waals surface area contributed by atoms with E-state index in [0.29, 0.717) is 0 Å². The van der Waals surface area contributed by atoms with Gasteiger partial charge in [0.05, 0.1) is 12.6 Å². The van der Waals surface area contributed by atoms with Gasteiger partial charge in [-0.05, 0) is 12.8 Å². The summed E-state index contributed by atoms with van der Waals surface area (Å²) >= 11 is 0. The van der Waals surface area contributed by atoms with Crippen LogP contribution < -0.4 is 5.32 Å². The molecule has 6 heteroatoms. The number of carbonyl (C=O) groups excluding carboxylic acids is 2. The van der Waals surface area contributed by atoms with Gasteiger partial charge in [0.2, 0.25) is 5.91 Å². The van der Waals surface area contributed by atoms with Crippen LogP contribution in [0.15, 0.2) is 12.3 Å². The van der Waals surface area contributed by atoms with Crippen LogP contribution in [-0.4, -0.2) is 38.6 Å². The lowest BCUT2D eigenvalue weighted by atomic mass is 10.2. The summed E-state index contributed by atoms with van der Waals surface area (Å²) in [5.41, 5.74) is 0. The van der Waals surface area contributed by atoms with Crippen molar-refractivity contribution in [1.82, 2.24) is 14.7 Å². The average Bonchev–Trinajstić information content (AvgIpc) is 2.97. The van der Waals surface area contributed by atoms with Crippen LogP contribution in [0.4, 0.5) is 5.82 Å². The first kappa shape index (κ1) is 10.3. The van der Waals surface area contributed by atoms with Gasteiger partial charge >= 0.3 is 0 Å². The molecule has 0 radical (unpaired) electrons. The number of nitrogens with one attached hydrogen (secondary N) is 1. The molecule has 0 spiro atoms. The highest BCUT2D eigenvalue weighted by Crippen LogP contribution is 2.32. The number of nitrogens with zero attached hydrogens (tertiary/aromatic N) is 3. The van der Waals surface area contributed by atoms with Crippen LogP contribution in [0.2, 0.25) is 0 Å². The van der Waals surface area contributed by atoms with Gasteiger partial charge in [-0.3, -0.25) is 19.2 Å². The number of carbonyl (C=O) groups is 2. The zero-order chi connectivity index (χ0) is 12.0. The maximum absolute atomic E-state index is 12.0. The van der Waals surface area contributed by atoms with Crippen molar-refractivity contribution in [3.8, 4) is 0 Å². The number of hydrogen-bond donors (Lipinski definition) is 1. The monoisotopic (exact) mass is 234 g/mol. The van der Waals surface area contributed by atoms with E-state index in [9.17, 15) is 9.59 Å². The number of imide groups is 1. The van der Waals surface area contributed by atoms with E-state index in [0.717, 1.165) is 18.7 Å². The minimum Gasteiger partial charge on any atom is -0.358 e. The fourth-order valence-corrected chi connectivity index (χ4v) is 2.17. The normalized spacial score (nSPS) is 24.5. The zero-order valence-electron chi connectivity index (χ0n) is 9.59. The first-order valence-corrected chi connectivity index (χ1v) is 5.77. The summed E-state index contributed by atoms with van der Waals surface area (Å²) in [5, 5.41) is 7.08. The summed E-state index contributed by atoms with van der Waals surface area (Å²) in [5.74, 6) is 0.602. The summed E-state index contributed by atoms with van der Waals surface area (Å²) < 4.78 is 1.65. The number of rotatable bonds is 3. The Bertz CT molecular complexity index is 478. The Morgan fingerprint density at radius 3 is 2.76 bits per heavy atom. The Morgan fingerprint density at radius 1 is 1.41 bits per heavy atom. The SMILES string of the molecule is Cn1nccc1NC1CC(=O)N(C2CC2)C1=O. The van der Waals surface area contributed by atoms with Crippen molar-refractivity contribution in [2.45, 2.75) is 31.3 Å². The summed E-state index contributed by atoms with van der Waals surface area (Å²) in [6.07, 6.45) is 3.81. The van der Waals surface area contributed by atoms with Crippen molar-refractivity contribution in [2.24, 2.45) is 7.05 Å². The molecule has 90 valence electrons. The maximum Gasteiger partial charge on any atom is 0.252 e. The van der Waals surface area contributed by atoms with E-state index in [-0.39, 0.29) is 24.3 Å². The third-order valence-electron chi connectivity index (χ3n) is 3.24. The lowest BCUT2D eigenvalue weighted by Gasteiger charge is -2.14. The number of anilines is 1. The molecule has 0 aromatic carbocycles. The smallest absolute Gasteiger partial charge is 0.252 e. The van der Waals surface area contributed by atoms with Crippen LogP contribution in [0.3, 0.4) is 0 Å². The molecule has 2 heterocycles. The van der Waals surface area contributed by atoms with Gasteiger partial charge in [0.25, 0.3) is 5.91 Å². The van der Waals surface area contributed by atoms with Gasteiger partial charge in [-0.15, -0.1) is 0 Å². The highest BCUT2D eigenvalue weighted by Gasteiger charge is 2.46. The Balaban J connectivity index is 1.75. The predicted molar refractivity (Wildman–Crippen MR) is 60.1 cm³/mol. The van der Waals surface area contributed by atoms with Crippen molar-refractivity contribution in [3.05, 3.63) is 12.3 Å². The van der Waals surface area contributed by atoms with E-state index in [1.165, 1.54) is 4.90 Å². The summed E-state index contributed by atoms with van der Waals surface area (Å²) in [7, 11) is 1.79. The van der Waals surface area contributed by atoms with Gasteiger partial charge in [0, 0.05) is 19.2 Å². The Hall–Kier alpha value is -1.85. The third-order valence-corrected chi connectivity index (χ3v) is 3.24. The molecule has 1 saturated carbocycles. The molecular formula is C11H14N4O2. The number of hydrogen-bond acceptors (Lipinski definition) is 4. The molecule has 1 saturated heterocycles. The molecule has 1 aliphatic carbocycles. The van der Waals surface area contributed by atoms with E-state index in [1.54, 1.807) is 24.0 Å². The maximum atomic E-state index is 12.0. The molecular weight excluding hydrogens is 220 g/mol. The quantitative estimate of drug-likeness (QED) is 0.754. The Kier molecular flexibility index (Phi) is 2.17. The lowest BCUT2D eigenvalue weighted by molar-refractivity contribution is -0.139.